The highest BCUT2D eigenvalue weighted by Gasteiger charge is 2.42. The summed E-state index contributed by atoms with van der Waals surface area (Å²) in [6.07, 6.45) is 5.90. The number of nitrogens with zero attached hydrogens (tertiary/aromatic N) is 1. The minimum Gasteiger partial charge on any atom is -0.329 e. The second kappa shape index (κ2) is 6.84. The summed E-state index contributed by atoms with van der Waals surface area (Å²) in [7, 11) is -3.40. The maximum absolute atomic E-state index is 12.3. The van der Waals surface area contributed by atoms with Gasteiger partial charge < -0.3 is 5.73 Å². The monoisotopic (exact) mass is 277 g/mol. The molecule has 0 saturated heterocycles. The third-order valence-electron chi connectivity index (χ3n) is 3.74. The average Bonchev–Trinajstić information content (AvgIpc) is 2.36. The summed E-state index contributed by atoms with van der Waals surface area (Å²) in [6.45, 7) is 5.19. The van der Waals surface area contributed by atoms with Crippen molar-refractivity contribution in [2.45, 2.75) is 57.9 Å². The van der Waals surface area contributed by atoms with E-state index in [1.54, 1.807) is 11.2 Å². The van der Waals surface area contributed by atoms with Crippen LogP contribution in [-0.4, -0.2) is 37.9 Å². The van der Waals surface area contributed by atoms with Crippen LogP contribution in [0.15, 0.2) is 0 Å². The summed E-state index contributed by atoms with van der Waals surface area (Å²) >= 11 is 0. The van der Waals surface area contributed by atoms with Gasteiger partial charge in [0.25, 0.3) is 10.2 Å². The molecule has 3 N–H and O–H groups in total. The second-order valence-corrected chi connectivity index (χ2v) is 6.74. The summed E-state index contributed by atoms with van der Waals surface area (Å²) in [5.74, 6) is 0. The van der Waals surface area contributed by atoms with Crippen LogP contribution in [0, 0.1) is 0 Å². The molecule has 1 saturated carbocycles. The fourth-order valence-electron chi connectivity index (χ4n) is 2.84. The van der Waals surface area contributed by atoms with Crippen LogP contribution in [-0.2, 0) is 10.2 Å². The maximum Gasteiger partial charge on any atom is 0.279 e. The van der Waals surface area contributed by atoms with Crippen LogP contribution < -0.4 is 10.5 Å². The smallest absolute Gasteiger partial charge is 0.279 e. The standard InChI is InChI=1S/C12H27N3O2S/c1-3-10-15(18(16,17)14-4-2)12(11-13)8-6-5-7-9-12/h14H,3-11,13H2,1-2H3. The van der Waals surface area contributed by atoms with Crippen LogP contribution in [0.5, 0.6) is 0 Å². The molecule has 1 fully saturated rings. The first-order valence-electron chi connectivity index (χ1n) is 7.00. The predicted molar refractivity (Wildman–Crippen MR) is 74.5 cm³/mol. The van der Waals surface area contributed by atoms with Crippen molar-refractivity contribution in [2.24, 2.45) is 5.73 Å². The normalized spacial score (nSPS) is 20.2. The van der Waals surface area contributed by atoms with Gasteiger partial charge in [-0.1, -0.05) is 33.1 Å². The Labute approximate surface area is 111 Å². The first kappa shape index (κ1) is 15.9. The molecule has 108 valence electrons. The molecule has 18 heavy (non-hydrogen) atoms. The van der Waals surface area contributed by atoms with Crippen molar-refractivity contribution in [3.63, 3.8) is 0 Å². The third kappa shape index (κ3) is 3.44. The van der Waals surface area contributed by atoms with Crippen molar-refractivity contribution >= 4 is 10.2 Å². The van der Waals surface area contributed by atoms with Gasteiger partial charge in [-0.3, -0.25) is 0 Å². The fraction of sp³-hybridized carbons (Fsp3) is 1.00. The van der Waals surface area contributed by atoms with E-state index in [4.69, 9.17) is 5.73 Å². The predicted octanol–water partition coefficient (Wildman–Crippen LogP) is 1.21. The number of nitrogens with two attached hydrogens (primary N) is 1. The van der Waals surface area contributed by atoms with E-state index in [0.717, 1.165) is 32.1 Å². The van der Waals surface area contributed by atoms with Crippen molar-refractivity contribution < 1.29 is 8.42 Å². The number of rotatable bonds is 7. The molecule has 0 spiro atoms. The lowest BCUT2D eigenvalue weighted by Gasteiger charge is -2.44. The van der Waals surface area contributed by atoms with Crippen LogP contribution in [0.25, 0.3) is 0 Å². The van der Waals surface area contributed by atoms with Crippen LogP contribution in [0.4, 0.5) is 0 Å². The summed E-state index contributed by atoms with van der Waals surface area (Å²) in [6, 6.07) is 0. The summed E-state index contributed by atoms with van der Waals surface area (Å²) < 4.78 is 28.9. The highest BCUT2D eigenvalue weighted by molar-refractivity contribution is 7.87. The fourth-order valence-corrected chi connectivity index (χ4v) is 4.55. The van der Waals surface area contributed by atoms with E-state index in [-0.39, 0.29) is 5.54 Å². The molecule has 0 amide bonds. The Bertz CT molecular complexity index is 337. The largest absolute Gasteiger partial charge is 0.329 e. The second-order valence-electron chi connectivity index (χ2n) is 5.06. The molecular formula is C12H27N3O2S. The van der Waals surface area contributed by atoms with Gasteiger partial charge in [0.1, 0.15) is 0 Å². The molecule has 5 nitrogen and oxygen atoms in total. The summed E-state index contributed by atoms with van der Waals surface area (Å²) in [4.78, 5) is 0. The van der Waals surface area contributed by atoms with Gasteiger partial charge in [-0.25, -0.2) is 4.72 Å². The lowest BCUT2D eigenvalue weighted by Crippen LogP contribution is -2.60. The van der Waals surface area contributed by atoms with Gasteiger partial charge in [-0.15, -0.1) is 0 Å². The minimum absolute atomic E-state index is 0.366. The van der Waals surface area contributed by atoms with Gasteiger partial charge >= 0.3 is 0 Å². The SMILES string of the molecule is CCCN(C1(CN)CCCCC1)S(=O)(=O)NCC. The molecule has 0 aliphatic heterocycles. The summed E-state index contributed by atoms with van der Waals surface area (Å²) in [5, 5.41) is 0. The van der Waals surface area contributed by atoms with Crippen molar-refractivity contribution in [1.29, 1.82) is 0 Å². The van der Waals surface area contributed by atoms with E-state index in [2.05, 4.69) is 4.72 Å². The number of hydrogen-bond acceptors (Lipinski definition) is 3. The van der Waals surface area contributed by atoms with E-state index in [0.29, 0.717) is 19.6 Å². The quantitative estimate of drug-likeness (QED) is 0.734. The van der Waals surface area contributed by atoms with E-state index in [1.165, 1.54) is 6.42 Å². The van der Waals surface area contributed by atoms with Gasteiger partial charge in [0.05, 0.1) is 0 Å². The molecule has 1 aliphatic rings. The van der Waals surface area contributed by atoms with Crippen LogP contribution in [0.2, 0.25) is 0 Å². The topological polar surface area (TPSA) is 75.4 Å². The Morgan fingerprint density at radius 2 is 1.83 bits per heavy atom. The zero-order valence-corrected chi connectivity index (χ0v) is 12.4. The third-order valence-corrected chi connectivity index (χ3v) is 5.54. The molecule has 0 aromatic heterocycles. The molecule has 0 radical (unpaired) electrons. The zero-order chi connectivity index (χ0) is 13.6. The molecule has 1 aliphatic carbocycles. The van der Waals surface area contributed by atoms with Gasteiger partial charge in [0.2, 0.25) is 0 Å². The number of hydrogen-bond donors (Lipinski definition) is 2. The number of nitrogens with one attached hydrogen (secondary N) is 1. The summed E-state index contributed by atoms with van der Waals surface area (Å²) in [5.41, 5.74) is 5.56. The maximum atomic E-state index is 12.3. The highest BCUT2D eigenvalue weighted by atomic mass is 32.2. The lowest BCUT2D eigenvalue weighted by molar-refractivity contribution is 0.134. The first-order chi connectivity index (χ1) is 8.52. The average molecular weight is 277 g/mol. The Balaban J connectivity index is 3.01. The van der Waals surface area contributed by atoms with Crippen molar-refractivity contribution in [2.75, 3.05) is 19.6 Å². The van der Waals surface area contributed by atoms with Crippen molar-refractivity contribution in [3.8, 4) is 0 Å². The Hall–Kier alpha value is -0.170. The van der Waals surface area contributed by atoms with Gasteiger partial charge in [-0.2, -0.15) is 12.7 Å². The molecule has 0 aromatic carbocycles. The molecule has 1 rings (SSSR count). The molecule has 0 aromatic rings. The van der Waals surface area contributed by atoms with Gasteiger partial charge in [0.15, 0.2) is 0 Å². The van der Waals surface area contributed by atoms with E-state index in [9.17, 15) is 8.42 Å². The molecule has 0 unspecified atom stereocenters. The van der Waals surface area contributed by atoms with Crippen molar-refractivity contribution in [1.82, 2.24) is 9.03 Å². The highest BCUT2D eigenvalue weighted by Crippen LogP contribution is 2.34. The van der Waals surface area contributed by atoms with E-state index >= 15 is 0 Å². The van der Waals surface area contributed by atoms with E-state index < -0.39 is 10.2 Å². The Morgan fingerprint density at radius 1 is 1.22 bits per heavy atom. The first-order valence-corrected chi connectivity index (χ1v) is 8.44. The van der Waals surface area contributed by atoms with Crippen LogP contribution >= 0.6 is 0 Å². The van der Waals surface area contributed by atoms with Crippen LogP contribution in [0.3, 0.4) is 0 Å². The van der Waals surface area contributed by atoms with Crippen LogP contribution in [0.1, 0.15) is 52.4 Å². The lowest BCUT2D eigenvalue weighted by atomic mass is 9.81. The minimum atomic E-state index is -3.40. The van der Waals surface area contributed by atoms with Gasteiger partial charge in [0, 0.05) is 25.2 Å². The molecular weight excluding hydrogens is 250 g/mol. The van der Waals surface area contributed by atoms with Crippen molar-refractivity contribution in [3.05, 3.63) is 0 Å². The zero-order valence-electron chi connectivity index (χ0n) is 11.6. The van der Waals surface area contributed by atoms with Gasteiger partial charge in [-0.05, 0) is 19.3 Å². The molecule has 0 bridgehead atoms. The Morgan fingerprint density at radius 3 is 2.28 bits per heavy atom. The molecule has 0 atom stereocenters. The molecule has 6 heteroatoms. The van der Waals surface area contributed by atoms with E-state index in [1.807, 2.05) is 6.92 Å². The molecule has 0 heterocycles. The Kier molecular flexibility index (Phi) is 6.04.